The predicted octanol–water partition coefficient (Wildman–Crippen LogP) is 4.45. The molecule has 9 heteroatoms. The van der Waals surface area contributed by atoms with Crippen LogP contribution in [0.5, 0.6) is 0 Å². The first-order valence-corrected chi connectivity index (χ1v) is 10.6. The number of carbonyl (C=O) groups excluding carboxylic acids is 1. The Labute approximate surface area is 192 Å². The Morgan fingerprint density at radius 3 is 2.61 bits per heavy atom. The minimum Gasteiger partial charge on any atom is -0.267 e. The van der Waals surface area contributed by atoms with Crippen molar-refractivity contribution in [3.63, 3.8) is 0 Å². The number of pyridine rings is 1. The zero-order valence-corrected chi connectivity index (χ0v) is 18.2. The van der Waals surface area contributed by atoms with Gasteiger partial charge in [0.05, 0.1) is 27.2 Å². The van der Waals surface area contributed by atoms with Crippen LogP contribution in [-0.2, 0) is 6.42 Å². The maximum atomic E-state index is 13.4. The molecular formula is C24H17ClFN5O2. The van der Waals surface area contributed by atoms with E-state index < -0.39 is 11.5 Å². The largest absolute Gasteiger partial charge is 0.280 e. The van der Waals surface area contributed by atoms with E-state index in [2.05, 4.69) is 15.5 Å². The third kappa shape index (κ3) is 3.54. The molecule has 0 bridgehead atoms. The highest BCUT2D eigenvalue weighted by Gasteiger charge is 2.18. The highest BCUT2D eigenvalue weighted by Crippen LogP contribution is 2.29. The Morgan fingerprint density at radius 2 is 1.88 bits per heavy atom. The maximum absolute atomic E-state index is 13.4. The van der Waals surface area contributed by atoms with Crippen LogP contribution in [-0.4, -0.2) is 25.2 Å². The summed E-state index contributed by atoms with van der Waals surface area (Å²) in [6.45, 7) is 1.97. The number of aryl methyl sites for hydroxylation is 1. The van der Waals surface area contributed by atoms with Gasteiger partial charge in [-0.25, -0.2) is 18.6 Å². The van der Waals surface area contributed by atoms with E-state index in [1.165, 1.54) is 24.5 Å². The third-order valence-corrected chi connectivity index (χ3v) is 5.72. The number of benzene rings is 2. The van der Waals surface area contributed by atoms with E-state index in [4.69, 9.17) is 11.6 Å². The monoisotopic (exact) mass is 461 g/mol. The molecule has 7 nitrogen and oxygen atoms in total. The minimum absolute atomic E-state index is 0.253. The van der Waals surface area contributed by atoms with Crippen molar-refractivity contribution >= 4 is 34.1 Å². The molecule has 3 heterocycles. The average Bonchev–Trinajstić information content (AvgIpc) is 3.20. The van der Waals surface area contributed by atoms with Gasteiger partial charge in [-0.3, -0.25) is 15.0 Å². The first kappa shape index (κ1) is 20.8. The topological polar surface area (TPSA) is 81.3 Å². The SMILES string of the molecule is CCc1nn2c(ncc3c(=O)n(NC(=O)c4ccccc4Cl)ccc32)c1-c1ccc(F)cc1. The number of nitrogens with one attached hydrogen (secondary N) is 1. The lowest BCUT2D eigenvalue weighted by atomic mass is 10.0. The Hall–Kier alpha value is -4.04. The highest BCUT2D eigenvalue weighted by molar-refractivity contribution is 6.34. The summed E-state index contributed by atoms with van der Waals surface area (Å²) in [5.74, 6) is -0.840. The molecule has 0 fully saturated rings. The van der Waals surface area contributed by atoms with E-state index in [9.17, 15) is 14.0 Å². The molecule has 0 unspecified atom stereocenters. The summed E-state index contributed by atoms with van der Waals surface area (Å²) in [6, 6.07) is 14.4. The molecule has 5 rings (SSSR count). The van der Waals surface area contributed by atoms with Gasteiger partial charge in [0.2, 0.25) is 0 Å². The minimum atomic E-state index is -0.512. The van der Waals surface area contributed by atoms with E-state index in [-0.39, 0.29) is 21.8 Å². The van der Waals surface area contributed by atoms with Gasteiger partial charge < -0.3 is 0 Å². The Bertz CT molecular complexity index is 1590. The molecule has 0 aliphatic heterocycles. The van der Waals surface area contributed by atoms with Crippen molar-refractivity contribution in [2.45, 2.75) is 13.3 Å². The molecular weight excluding hydrogens is 445 g/mol. The summed E-state index contributed by atoms with van der Waals surface area (Å²) in [7, 11) is 0. The summed E-state index contributed by atoms with van der Waals surface area (Å²) in [4.78, 5) is 30.2. The Balaban J connectivity index is 1.62. The van der Waals surface area contributed by atoms with Gasteiger partial charge in [0, 0.05) is 18.0 Å². The van der Waals surface area contributed by atoms with Crippen LogP contribution in [0, 0.1) is 5.82 Å². The summed E-state index contributed by atoms with van der Waals surface area (Å²) < 4.78 is 16.1. The second kappa shape index (κ2) is 8.14. The average molecular weight is 462 g/mol. The van der Waals surface area contributed by atoms with Crippen molar-refractivity contribution in [2.75, 3.05) is 5.43 Å². The zero-order chi connectivity index (χ0) is 23.1. The number of aromatic nitrogens is 4. The molecule has 2 aromatic carbocycles. The van der Waals surface area contributed by atoms with E-state index in [0.717, 1.165) is 21.5 Å². The number of amides is 1. The van der Waals surface area contributed by atoms with Gasteiger partial charge in [-0.2, -0.15) is 5.10 Å². The van der Waals surface area contributed by atoms with Crippen LogP contribution < -0.4 is 11.0 Å². The van der Waals surface area contributed by atoms with Crippen LogP contribution in [0.4, 0.5) is 4.39 Å². The van der Waals surface area contributed by atoms with Crippen molar-refractivity contribution in [2.24, 2.45) is 0 Å². The zero-order valence-electron chi connectivity index (χ0n) is 17.4. The fourth-order valence-electron chi connectivity index (χ4n) is 3.78. The Morgan fingerprint density at radius 1 is 1.12 bits per heavy atom. The number of rotatable bonds is 4. The lowest BCUT2D eigenvalue weighted by Gasteiger charge is -2.10. The molecule has 5 aromatic rings. The van der Waals surface area contributed by atoms with Gasteiger partial charge >= 0.3 is 0 Å². The van der Waals surface area contributed by atoms with Crippen LogP contribution in [0.3, 0.4) is 0 Å². The standard InChI is InChI=1S/C24H17ClFN5O2/c1-2-19-21(14-7-9-15(26)10-8-14)22-27-13-17-20(31(22)28-19)11-12-30(24(17)33)29-23(32)16-5-3-4-6-18(16)25/h3-13H,2H2,1H3,(H,29,32). The van der Waals surface area contributed by atoms with Gasteiger partial charge in [0.1, 0.15) is 5.82 Å². The smallest absolute Gasteiger partial charge is 0.267 e. The second-order valence-corrected chi connectivity index (χ2v) is 7.79. The molecule has 0 saturated heterocycles. The van der Waals surface area contributed by atoms with Crippen LogP contribution in [0.2, 0.25) is 5.02 Å². The fraction of sp³-hybridized carbons (Fsp3) is 0.0833. The number of nitrogens with zero attached hydrogens (tertiary/aromatic N) is 4. The van der Waals surface area contributed by atoms with Crippen molar-refractivity contribution in [3.8, 4) is 11.1 Å². The molecule has 0 radical (unpaired) electrons. The molecule has 0 spiro atoms. The molecule has 0 aliphatic rings. The number of hydrogen-bond donors (Lipinski definition) is 1. The maximum Gasteiger partial charge on any atom is 0.280 e. The predicted molar refractivity (Wildman–Crippen MR) is 125 cm³/mol. The molecule has 164 valence electrons. The van der Waals surface area contributed by atoms with Crippen molar-refractivity contribution in [1.29, 1.82) is 0 Å². The van der Waals surface area contributed by atoms with Gasteiger partial charge in [-0.1, -0.05) is 42.8 Å². The molecule has 0 saturated carbocycles. The quantitative estimate of drug-likeness (QED) is 0.428. The number of fused-ring (bicyclic) bond motifs is 3. The molecule has 1 N–H and O–H groups in total. The number of carbonyl (C=O) groups is 1. The van der Waals surface area contributed by atoms with E-state index >= 15 is 0 Å². The third-order valence-electron chi connectivity index (χ3n) is 5.39. The van der Waals surface area contributed by atoms with Gasteiger partial charge in [0.15, 0.2) is 5.65 Å². The fourth-order valence-corrected chi connectivity index (χ4v) is 4.00. The van der Waals surface area contributed by atoms with E-state index in [1.807, 2.05) is 6.92 Å². The lowest BCUT2D eigenvalue weighted by molar-refractivity contribution is 0.101. The van der Waals surface area contributed by atoms with Crippen LogP contribution in [0.15, 0.2) is 71.8 Å². The van der Waals surface area contributed by atoms with Gasteiger partial charge in [-0.15, -0.1) is 0 Å². The molecule has 1 amide bonds. The highest BCUT2D eigenvalue weighted by atomic mass is 35.5. The van der Waals surface area contributed by atoms with Crippen molar-refractivity contribution in [3.05, 3.63) is 99.4 Å². The summed E-state index contributed by atoms with van der Waals surface area (Å²) >= 11 is 6.08. The number of hydrogen-bond acceptors (Lipinski definition) is 4. The summed E-state index contributed by atoms with van der Waals surface area (Å²) in [5.41, 5.74) is 5.80. The van der Waals surface area contributed by atoms with Crippen molar-refractivity contribution < 1.29 is 9.18 Å². The number of halogens is 2. The molecule has 33 heavy (non-hydrogen) atoms. The van der Waals surface area contributed by atoms with Crippen LogP contribution in [0.25, 0.3) is 27.7 Å². The van der Waals surface area contributed by atoms with Gasteiger partial charge in [-0.05, 0) is 42.3 Å². The van der Waals surface area contributed by atoms with Crippen LogP contribution in [0.1, 0.15) is 23.0 Å². The van der Waals surface area contributed by atoms with Crippen molar-refractivity contribution in [1.82, 2.24) is 19.3 Å². The Kier molecular flexibility index (Phi) is 5.14. The first-order valence-electron chi connectivity index (χ1n) is 10.2. The first-order chi connectivity index (χ1) is 16.0. The van der Waals surface area contributed by atoms with Gasteiger partial charge in [0.25, 0.3) is 11.5 Å². The molecule has 0 aliphatic carbocycles. The van der Waals surface area contributed by atoms with E-state index in [1.54, 1.807) is 47.0 Å². The summed E-state index contributed by atoms with van der Waals surface area (Å²) in [6.07, 6.45) is 3.55. The van der Waals surface area contributed by atoms with E-state index in [0.29, 0.717) is 17.6 Å². The molecule has 0 atom stereocenters. The lowest BCUT2D eigenvalue weighted by Crippen LogP contribution is -2.33. The summed E-state index contributed by atoms with van der Waals surface area (Å²) in [5, 5.41) is 5.22. The normalized spacial score (nSPS) is 11.2. The van der Waals surface area contributed by atoms with Crippen LogP contribution >= 0.6 is 11.6 Å². The molecule has 3 aromatic heterocycles. The second-order valence-electron chi connectivity index (χ2n) is 7.39.